The second kappa shape index (κ2) is 11.4. The van der Waals surface area contributed by atoms with Gasteiger partial charge < -0.3 is 20.3 Å². The number of piperazine rings is 1. The number of rotatable bonds is 6. The summed E-state index contributed by atoms with van der Waals surface area (Å²) in [5, 5.41) is 10.6. The fourth-order valence-electron chi connectivity index (χ4n) is 5.17. The minimum Gasteiger partial charge on any atom is -0.495 e. The van der Waals surface area contributed by atoms with Crippen LogP contribution in [-0.4, -0.2) is 70.9 Å². The van der Waals surface area contributed by atoms with Gasteiger partial charge in [-0.1, -0.05) is 12.1 Å². The van der Waals surface area contributed by atoms with E-state index in [2.05, 4.69) is 25.6 Å². The average Bonchev–Trinajstić information content (AvgIpc) is 3.23. The number of aryl methyl sites for hydroxylation is 2. The Morgan fingerprint density at radius 3 is 2.49 bits per heavy atom. The van der Waals surface area contributed by atoms with E-state index in [9.17, 15) is 18.0 Å². The van der Waals surface area contributed by atoms with E-state index in [1.165, 1.54) is 19.2 Å². The van der Waals surface area contributed by atoms with E-state index >= 15 is 0 Å². The van der Waals surface area contributed by atoms with E-state index in [1.807, 2.05) is 32.0 Å². The van der Waals surface area contributed by atoms with E-state index < -0.39 is 17.8 Å². The molecule has 5 rings (SSSR count). The van der Waals surface area contributed by atoms with Gasteiger partial charge in [0.15, 0.2) is 0 Å². The van der Waals surface area contributed by atoms with Crippen LogP contribution in [0.2, 0.25) is 0 Å². The molecule has 3 heterocycles. The molecule has 12 heteroatoms. The fraction of sp³-hybridized carbons (Fsp3) is 0.345. The number of likely N-dealkylation sites (N-methyl/N-ethyl adjacent to an activating group) is 1. The summed E-state index contributed by atoms with van der Waals surface area (Å²) in [6.45, 7) is 5.13. The number of ether oxygens (including phenoxy) is 1. The van der Waals surface area contributed by atoms with Crippen LogP contribution in [0.25, 0.3) is 22.0 Å². The van der Waals surface area contributed by atoms with E-state index in [-0.39, 0.29) is 17.8 Å². The van der Waals surface area contributed by atoms with Crippen LogP contribution < -0.4 is 15.4 Å². The molecule has 0 unspecified atom stereocenters. The number of hydrogen-bond acceptors (Lipinski definition) is 6. The molecule has 1 aliphatic rings. The van der Waals surface area contributed by atoms with Gasteiger partial charge in [0.25, 0.3) is 0 Å². The summed E-state index contributed by atoms with van der Waals surface area (Å²) in [6.07, 6.45) is -1.06. The summed E-state index contributed by atoms with van der Waals surface area (Å²) in [5.41, 5.74) is 3.23. The average molecular weight is 568 g/mol. The Hall–Kier alpha value is -4.16. The number of carbonyl (C=O) groups is 1. The molecule has 9 nitrogen and oxygen atoms in total. The van der Waals surface area contributed by atoms with Gasteiger partial charge in [-0.3, -0.25) is 14.6 Å². The molecule has 1 saturated heterocycles. The molecule has 2 aromatic heterocycles. The Bertz CT molecular complexity index is 1580. The minimum atomic E-state index is -4.56. The van der Waals surface area contributed by atoms with Crippen molar-refractivity contribution in [3.63, 3.8) is 0 Å². The molecule has 41 heavy (non-hydrogen) atoms. The number of methoxy groups -OCH3 is 1. The van der Waals surface area contributed by atoms with Crippen LogP contribution in [-0.2, 0) is 19.8 Å². The van der Waals surface area contributed by atoms with Crippen molar-refractivity contribution in [3.05, 3.63) is 65.6 Å². The highest BCUT2D eigenvalue weighted by Gasteiger charge is 2.34. The van der Waals surface area contributed by atoms with Crippen molar-refractivity contribution in [1.29, 1.82) is 0 Å². The molecule has 1 fully saturated rings. The van der Waals surface area contributed by atoms with Crippen molar-refractivity contribution in [1.82, 2.24) is 24.6 Å². The normalized spacial score (nSPS) is 14.8. The van der Waals surface area contributed by atoms with Crippen LogP contribution in [0.5, 0.6) is 5.75 Å². The fourth-order valence-corrected chi connectivity index (χ4v) is 5.17. The lowest BCUT2D eigenvalue weighted by Crippen LogP contribution is -2.44. The molecular formula is C29H32F3N7O2. The maximum Gasteiger partial charge on any atom is 0.416 e. The predicted octanol–water partition coefficient (Wildman–Crippen LogP) is 5.36. The Kier molecular flexibility index (Phi) is 7.87. The highest BCUT2D eigenvalue weighted by molar-refractivity contribution is 6.02. The van der Waals surface area contributed by atoms with E-state index in [0.717, 1.165) is 46.9 Å². The van der Waals surface area contributed by atoms with Gasteiger partial charge in [-0.05, 0) is 49.4 Å². The third kappa shape index (κ3) is 6.13. The topological polar surface area (TPSA) is 87.5 Å². The maximum absolute atomic E-state index is 13.9. The SMILES string of the molecule is COc1cc(-c2cncc3c2c(C)nn3C)ccc1NC(=O)Nc1ccc(CN2CCN(C)CC2)c(C(F)(F)F)c1. The number of hydrogen-bond donors (Lipinski definition) is 2. The number of alkyl halides is 3. The van der Waals surface area contributed by atoms with Crippen molar-refractivity contribution in [2.24, 2.45) is 7.05 Å². The molecule has 2 aromatic carbocycles. The quantitative estimate of drug-likeness (QED) is 0.326. The Morgan fingerprint density at radius 2 is 1.78 bits per heavy atom. The zero-order valence-corrected chi connectivity index (χ0v) is 23.3. The van der Waals surface area contributed by atoms with Crippen LogP contribution in [0.15, 0.2) is 48.8 Å². The molecule has 4 aromatic rings. The molecule has 216 valence electrons. The number of benzene rings is 2. The van der Waals surface area contributed by atoms with E-state index in [4.69, 9.17) is 4.74 Å². The van der Waals surface area contributed by atoms with Gasteiger partial charge in [-0.2, -0.15) is 18.3 Å². The number of pyridine rings is 1. The van der Waals surface area contributed by atoms with Crippen molar-refractivity contribution < 1.29 is 22.7 Å². The van der Waals surface area contributed by atoms with Gasteiger partial charge >= 0.3 is 12.2 Å². The van der Waals surface area contributed by atoms with Crippen LogP contribution in [0, 0.1) is 6.92 Å². The molecule has 0 radical (unpaired) electrons. The minimum absolute atomic E-state index is 0.0392. The Balaban J connectivity index is 1.33. The summed E-state index contributed by atoms with van der Waals surface area (Å²) < 4.78 is 49.1. The smallest absolute Gasteiger partial charge is 0.416 e. The summed E-state index contributed by atoms with van der Waals surface area (Å²) in [6, 6.07) is 8.48. The number of aromatic nitrogens is 3. The summed E-state index contributed by atoms with van der Waals surface area (Å²) in [5.74, 6) is 0.384. The monoisotopic (exact) mass is 567 g/mol. The van der Waals surface area contributed by atoms with Crippen molar-refractivity contribution in [3.8, 4) is 16.9 Å². The van der Waals surface area contributed by atoms with Crippen LogP contribution >= 0.6 is 0 Å². The number of fused-ring (bicyclic) bond motifs is 1. The Labute approximate surface area is 235 Å². The van der Waals surface area contributed by atoms with Crippen LogP contribution in [0.1, 0.15) is 16.8 Å². The predicted molar refractivity (Wildman–Crippen MR) is 152 cm³/mol. The first kappa shape index (κ1) is 28.4. The number of nitrogens with one attached hydrogen (secondary N) is 2. The lowest BCUT2D eigenvalue weighted by atomic mass is 10.0. The van der Waals surface area contributed by atoms with Gasteiger partial charge in [-0.25, -0.2) is 4.79 Å². The molecule has 0 spiro atoms. The number of anilines is 2. The van der Waals surface area contributed by atoms with Crippen molar-refractivity contribution in [2.45, 2.75) is 19.6 Å². The molecule has 0 bridgehead atoms. The number of halogens is 3. The van der Waals surface area contributed by atoms with E-state index in [1.54, 1.807) is 29.2 Å². The molecule has 0 saturated carbocycles. The highest BCUT2D eigenvalue weighted by atomic mass is 19.4. The third-order valence-electron chi connectivity index (χ3n) is 7.36. The maximum atomic E-state index is 13.9. The number of amides is 2. The second-order valence-corrected chi connectivity index (χ2v) is 10.2. The summed E-state index contributed by atoms with van der Waals surface area (Å²) >= 11 is 0. The summed E-state index contributed by atoms with van der Waals surface area (Å²) in [4.78, 5) is 21.3. The lowest BCUT2D eigenvalue weighted by Gasteiger charge is -2.33. The van der Waals surface area contributed by atoms with E-state index in [0.29, 0.717) is 24.5 Å². The molecule has 2 N–H and O–H groups in total. The van der Waals surface area contributed by atoms with Gasteiger partial charge in [-0.15, -0.1) is 0 Å². The molecule has 2 amide bonds. The first-order chi connectivity index (χ1) is 19.5. The molecule has 0 aliphatic carbocycles. The summed E-state index contributed by atoms with van der Waals surface area (Å²) in [7, 11) is 5.33. The number of urea groups is 1. The van der Waals surface area contributed by atoms with Gasteiger partial charge in [0, 0.05) is 62.6 Å². The third-order valence-corrected chi connectivity index (χ3v) is 7.36. The van der Waals surface area contributed by atoms with Crippen molar-refractivity contribution in [2.75, 3.05) is 51.0 Å². The zero-order chi connectivity index (χ0) is 29.3. The lowest BCUT2D eigenvalue weighted by molar-refractivity contribution is -0.138. The van der Waals surface area contributed by atoms with Gasteiger partial charge in [0.05, 0.1) is 35.8 Å². The number of nitrogens with zero attached hydrogens (tertiary/aromatic N) is 5. The first-order valence-electron chi connectivity index (χ1n) is 13.2. The highest BCUT2D eigenvalue weighted by Crippen LogP contribution is 2.36. The standard InChI is InChI=1S/C29H32F3N7O2/c1-18-27-22(15-33-16-25(27)38(3)36-18)19-6-8-24(26(13-19)41-4)35-28(40)34-21-7-5-20(23(14-21)29(30,31)32)17-39-11-9-37(2)10-12-39/h5-8,13-16H,9-12,17H2,1-4H3,(H2,34,35,40). The second-order valence-electron chi connectivity index (χ2n) is 10.2. The zero-order valence-electron chi connectivity index (χ0n) is 23.3. The molecular weight excluding hydrogens is 535 g/mol. The van der Waals surface area contributed by atoms with Crippen LogP contribution in [0.4, 0.5) is 29.3 Å². The van der Waals surface area contributed by atoms with Crippen LogP contribution in [0.3, 0.4) is 0 Å². The van der Waals surface area contributed by atoms with Gasteiger partial charge in [0.1, 0.15) is 5.75 Å². The first-order valence-corrected chi connectivity index (χ1v) is 13.2. The molecule has 0 atom stereocenters. The molecule has 1 aliphatic heterocycles. The van der Waals surface area contributed by atoms with Crippen molar-refractivity contribution >= 4 is 28.3 Å². The Morgan fingerprint density at radius 1 is 1.02 bits per heavy atom. The largest absolute Gasteiger partial charge is 0.495 e. The number of carbonyl (C=O) groups excluding carboxylic acids is 1. The van der Waals surface area contributed by atoms with Gasteiger partial charge in [0.2, 0.25) is 0 Å².